The number of piperidine rings is 1. The Bertz CT molecular complexity index is 295. The molecular formula is C16H30N2O2. The molecule has 20 heavy (non-hydrogen) atoms. The lowest BCUT2D eigenvalue weighted by Crippen LogP contribution is -2.41. The van der Waals surface area contributed by atoms with E-state index in [1.54, 1.807) is 0 Å². The Hall–Kier alpha value is -0.610. The van der Waals surface area contributed by atoms with Crippen molar-refractivity contribution in [3.05, 3.63) is 0 Å². The fourth-order valence-electron chi connectivity index (χ4n) is 3.21. The van der Waals surface area contributed by atoms with E-state index in [-0.39, 0.29) is 12.0 Å². The predicted molar refractivity (Wildman–Crippen MR) is 80.4 cm³/mol. The van der Waals surface area contributed by atoms with Gasteiger partial charge in [-0.3, -0.25) is 4.79 Å². The van der Waals surface area contributed by atoms with E-state index in [1.807, 2.05) is 6.92 Å². The second kappa shape index (κ2) is 7.99. The summed E-state index contributed by atoms with van der Waals surface area (Å²) >= 11 is 0. The molecule has 4 heteroatoms. The van der Waals surface area contributed by atoms with Crippen LogP contribution in [0.4, 0.5) is 0 Å². The third-order valence-corrected chi connectivity index (χ3v) is 4.82. The summed E-state index contributed by atoms with van der Waals surface area (Å²) in [5.41, 5.74) is 0. The Morgan fingerprint density at radius 1 is 1.25 bits per heavy atom. The molecule has 1 aliphatic carbocycles. The molecular weight excluding hydrogens is 252 g/mol. The molecule has 0 aromatic carbocycles. The third kappa shape index (κ3) is 5.41. The number of likely N-dealkylation sites (tertiary alicyclic amines) is 1. The number of carbonyl (C=O) groups excluding carboxylic acids is 1. The fourth-order valence-corrected chi connectivity index (χ4v) is 3.21. The van der Waals surface area contributed by atoms with Gasteiger partial charge in [0.2, 0.25) is 5.91 Å². The van der Waals surface area contributed by atoms with Crippen molar-refractivity contribution < 1.29 is 9.90 Å². The molecule has 1 unspecified atom stereocenters. The number of hydrogen-bond donors (Lipinski definition) is 2. The maximum atomic E-state index is 11.8. The zero-order valence-corrected chi connectivity index (χ0v) is 12.8. The van der Waals surface area contributed by atoms with E-state index in [1.165, 1.54) is 19.3 Å². The van der Waals surface area contributed by atoms with E-state index < -0.39 is 0 Å². The Balaban J connectivity index is 1.52. The van der Waals surface area contributed by atoms with Gasteiger partial charge in [0, 0.05) is 19.5 Å². The van der Waals surface area contributed by atoms with Crippen LogP contribution in [0.5, 0.6) is 0 Å². The van der Waals surface area contributed by atoms with Crippen molar-refractivity contribution in [2.75, 3.05) is 26.2 Å². The number of amides is 1. The smallest absolute Gasteiger partial charge is 0.220 e. The molecule has 1 heterocycles. The molecule has 1 saturated carbocycles. The van der Waals surface area contributed by atoms with Crippen molar-refractivity contribution in [2.45, 2.75) is 58.0 Å². The summed E-state index contributed by atoms with van der Waals surface area (Å²) in [6.07, 6.45) is 7.84. The van der Waals surface area contributed by atoms with Crippen LogP contribution in [-0.4, -0.2) is 48.2 Å². The molecule has 2 N–H and O–H groups in total. The van der Waals surface area contributed by atoms with Crippen molar-refractivity contribution >= 4 is 5.91 Å². The van der Waals surface area contributed by atoms with Gasteiger partial charge < -0.3 is 15.3 Å². The number of aliphatic hydroxyl groups excluding tert-OH is 1. The molecule has 0 aromatic heterocycles. The summed E-state index contributed by atoms with van der Waals surface area (Å²) in [5.74, 6) is 1.68. The quantitative estimate of drug-likeness (QED) is 0.748. The Kier molecular flexibility index (Phi) is 6.30. The summed E-state index contributed by atoms with van der Waals surface area (Å²) in [5, 5.41) is 12.5. The van der Waals surface area contributed by atoms with Crippen LogP contribution in [-0.2, 0) is 4.79 Å². The van der Waals surface area contributed by atoms with Crippen LogP contribution in [0.3, 0.4) is 0 Å². The summed E-state index contributed by atoms with van der Waals surface area (Å²) in [4.78, 5) is 14.1. The second-order valence-corrected chi connectivity index (χ2v) is 6.73. The maximum Gasteiger partial charge on any atom is 0.220 e. The third-order valence-electron chi connectivity index (χ3n) is 4.82. The molecule has 0 spiro atoms. The standard InChI is InChI=1S/C16H30N2O2/c1-13(19)12-18-9-7-15(8-10-18)11-17-16(20)6-5-14-3-2-4-14/h13-15,19H,2-12H2,1H3,(H,17,20). The van der Waals surface area contributed by atoms with Crippen LogP contribution < -0.4 is 5.32 Å². The van der Waals surface area contributed by atoms with Gasteiger partial charge >= 0.3 is 0 Å². The molecule has 0 bridgehead atoms. The van der Waals surface area contributed by atoms with Crippen LogP contribution >= 0.6 is 0 Å². The number of rotatable bonds is 7. The van der Waals surface area contributed by atoms with E-state index in [4.69, 9.17) is 0 Å². The van der Waals surface area contributed by atoms with Crippen LogP contribution in [0, 0.1) is 11.8 Å². The minimum absolute atomic E-state index is 0.238. The van der Waals surface area contributed by atoms with Crippen molar-refractivity contribution in [1.82, 2.24) is 10.2 Å². The van der Waals surface area contributed by atoms with E-state index in [0.29, 0.717) is 12.3 Å². The summed E-state index contributed by atoms with van der Waals surface area (Å²) in [6.45, 7) is 5.56. The summed E-state index contributed by atoms with van der Waals surface area (Å²) in [7, 11) is 0. The largest absolute Gasteiger partial charge is 0.392 e. The SMILES string of the molecule is CC(O)CN1CCC(CNC(=O)CCC2CCC2)CC1. The molecule has 2 aliphatic rings. The molecule has 2 fully saturated rings. The van der Waals surface area contributed by atoms with Crippen LogP contribution in [0.25, 0.3) is 0 Å². The number of hydrogen-bond acceptors (Lipinski definition) is 3. The lowest BCUT2D eigenvalue weighted by atomic mass is 9.82. The Morgan fingerprint density at radius 3 is 2.50 bits per heavy atom. The van der Waals surface area contributed by atoms with Crippen molar-refractivity contribution in [3.63, 3.8) is 0 Å². The molecule has 1 atom stereocenters. The van der Waals surface area contributed by atoms with Gasteiger partial charge in [0.25, 0.3) is 0 Å². The molecule has 1 aliphatic heterocycles. The van der Waals surface area contributed by atoms with E-state index in [9.17, 15) is 9.90 Å². The van der Waals surface area contributed by atoms with Crippen molar-refractivity contribution in [2.24, 2.45) is 11.8 Å². The zero-order chi connectivity index (χ0) is 14.4. The van der Waals surface area contributed by atoms with Crippen LogP contribution in [0.15, 0.2) is 0 Å². The molecule has 4 nitrogen and oxygen atoms in total. The maximum absolute atomic E-state index is 11.8. The van der Waals surface area contributed by atoms with Crippen LogP contribution in [0.1, 0.15) is 51.9 Å². The lowest BCUT2D eigenvalue weighted by molar-refractivity contribution is -0.121. The molecule has 1 amide bonds. The van der Waals surface area contributed by atoms with Gasteiger partial charge in [0.1, 0.15) is 0 Å². The highest BCUT2D eigenvalue weighted by atomic mass is 16.3. The van der Waals surface area contributed by atoms with Gasteiger partial charge in [0.15, 0.2) is 0 Å². The van der Waals surface area contributed by atoms with E-state index >= 15 is 0 Å². The predicted octanol–water partition coefficient (Wildman–Crippen LogP) is 1.78. The van der Waals surface area contributed by atoms with Gasteiger partial charge in [-0.25, -0.2) is 0 Å². The van der Waals surface area contributed by atoms with Gasteiger partial charge in [-0.15, -0.1) is 0 Å². The minimum atomic E-state index is -0.238. The highest BCUT2D eigenvalue weighted by Gasteiger charge is 2.21. The Morgan fingerprint density at radius 2 is 1.95 bits per heavy atom. The highest BCUT2D eigenvalue weighted by Crippen LogP contribution is 2.30. The molecule has 0 radical (unpaired) electrons. The molecule has 2 rings (SSSR count). The average molecular weight is 282 g/mol. The first kappa shape index (κ1) is 15.8. The number of nitrogens with one attached hydrogen (secondary N) is 1. The van der Waals surface area contributed by atoms with E-state index in [0.717, 1.165) is 51.4 Å². The number of β-amino-alcohol motifs (C(OH)–C–C–N with tert-alkyl or cyclic N) is 1. The fraction of sp³-hybridized carbons (Fsp3) is 0.938. The van der Waals surface area contributed by atoms with Crippen LogP contribution in [0.2, 0.25) is 0 Å². The monoisotopic (exact) mass is 282 g/mol. The van der Waals surface area contributed by atoms with Gasteiger partial charge in [-0.05, 0) is 51.1 Å². The first-order chi connectivity index (χ1) is 9.63. The summed E-state index contributed by atoms with van der Waals surface area (Å²) in [6, 6.07) is 0. The van der Waals surface area contributed by atoms with Crippen molar-refractivity contribution in [1.29, 1.82) is 0 Å². The molecule has 0 aromatic rings. The van der Waals surface area contributed by atoms with Gasteiger partial charge in [0.05, 0.1) is 6.10 Å². The topological polar surface area (TPSA) is 52.6 Å². The summed E-state index contributed by atoms with van der Waals surface area (Å²) < 4.78 is 0. The second-order valence-electron chi connectivity index (χ2n) is 6.73. The highest BCUT2D eigenvalue weighted by molar-refractivity contribution is 5.75. The Labute approximate surface area is 122 Å². The molecule has 116 valence electrons. The normalized spacial score (nSPS) is 23.3. The van der Waals surface area contributed by atoms with E-state index in [2.05, 4.69) is 10.2 Å². The number of carbonyl (C=O) groups is 1. The van der Waals surface area contributed by atoms with Gasteiger partial charge in [-0.2, -0.15) is 0 Å². The zero-order valence-electron chi connectivity index (χ0n) is 12.8. The minimum Gasteiger partial charge on any atom is -0.392 e. The number of aliphatic hydroxyl groups is 1. The van der Waals surface area contributed by atoms with Gasteiger partial charge in [-0.1, -0.05) is 19.3 Å². The lowest BCUT2D eigenvalue weighted by Gasteiger charge is -2.32. The molecule has 1 saturated heterocycles. The first-order valence-electron chi connectivity index (χ1n) is 8.30. The average Bonchev–Trinajstić information content (AvgIpc) is 2.35. The number of nitrogens with zero attached hydrogens (tertiary/aromatic N) is 1. The first-order valence-corrected chi connectivity index (χ1v) is 8.30. The van der Waals surface area contributed by atoms with Crippen molar-refractivity contribution in [3.8, 4) is 0 Å².